The zero-order valence-corrected chi connectivity index (χ0v) is 11.3. The number of morpholine rings is 1. The first-order valence-corrected chi connectivity index (χ1v) is 7.59. The summed E-state index contributed by atoms with van der Waals surface area (Å²) in [6, 6.07) is 9.26. The lowest BCUT2D eigenvalue weighted by Crippen LogP contribution is -2.42. The van der Waals surface area contributed by atoms with Crippen LogP contribution in [0.15, 0.2) is 24.3 Å². The van der Waals surface area contributed by atoms with Gasteiger partial charge in [0.25, 0.3) is 0 Å². The van der Waals surface area contributed by atoms with Crippen molar-refractivity contribution >= 4 is 5.69 Å². The fourth-order valence-corrected chi connectivity index (χ4v) is 3.72. The number of hydrogen-bond donors (Lipinski definition) is 1. The van der Waals surface area contributed by atoms with Crippen molar-refractivity contribution in [3.63, 3.8) is 0 Å². The van der Waals surface area contributed by atoms with Crippen molar-refractivity contribution in [3.05, 3.63) is 29.8 Å². The first-order valence-electron chi connectivity index (χ1n) is 7.59. The molecule has 4 rings (SSSR count). The molecule has 0 saturated carbocycles. The highest BCUT2D eigenvalue weighted by Gasteiger charge is 2.33. The van der Waals surface area contributed by atoms with E-state index in [-0.39, 0.29) is 0 Å². The molecule has 1 aromatic rings. The molecule has 3 unspecified atom stereocenters. The van der Waals surface area contributed by atoms with Gasteiger partial charge in [0.2, 0.25) is 0 Å². The third-order valence-electron chi connectivity index (χ3n) is 4.83. The van der Waals surface area contributed by atoms with Crippen LogP contribution in [0.4, 0.5) is 5.69 Å². The summed E-state index contributed by atoms with van der Waals surface area (Å²) in [5.41, 5.74) is 2.86. The molecule has 2 bridgehead atoms. The van der Waals surface area contributed by atoms with Crippen molar-refractivity contribution < 1.29 is 4.74 Å². The van der Waals surface area contributed by atoms with Crippen molar-refractivity contribution in [2.75, 3.05) is 31.1 Å². The van der Waals surface area contributed by atoms with Crippen LogP contribution in [0.2, 0.25) is 0 Å². The summed E-state index contributed by atoms with van der Waals surface area (Å²) in [5.74, 6) is 0.718. The van der Waals surface area contributed by atoms with E-state index in [4.69, 9.17) is 4.74 Å². The van der Waals surface area contributed by atoms with Crippen LogP contribution in [-0.4, -0.2) is 38.4 Å². The molecule has 1 aromatic carbocycles. The van der Waals surface area contributed by atoms with Gasteiger partial charge in [0, 0.05) is 25.3 Å². The van der Waals surface area contributed by atoms with Gasteiger partial charge in [-0.2, -0.15) is 0 Å². The van der Waals surface area contributed by atoms with E-state index in [1.807, 2.05) is 0 Å². The van der Waals surface area contributed by atoms with Gasteiger partial charge in [-0.25, -0.2) is 0 Å². The molecule has 3 nitrogen and oxygen atoms in total. The lowest BCUT2D eigenvalue weighted by atomic mass is 9.98. The second kappa shape index (κ2) is 4.80. The Morgan fingerprint density at radius 3 is 2.37 bits per heavy atom. The van der Waals surface area contributed by atoms with Crippen LogP contribution in [0.5, 0.6) is 0 Å². The van der Waals surface area contributed by atoms with Gasteiger partial charge in [0.1, 0.15) is 0 Å². The highest BCUT2D eigenvalue weighted by atomic mass is 16.5. The lowest BCUT2D eigenvalue weighted by Gasteiger charge is -2.34. The molecule has 3 atom stereocenters. The zero-order chi connectivity index (χ0) is 12.7. The summed E-state index contributed by atoms with van der Waals surface area (Å²) in [4.78, 5) is 2.50. The molecule has 0 amide bonds. The zero-order valence-electron chi connectivity index (χ0n) is 11.3. The molecule has 102 valence electrons. The Bertz CT molecular complexity index is 427. The quantitative estimate of drug-likeness (QED) is 0.879. The average Bonchev–Trinajstić information content (AvgIpc) is 3.09. The van der Waals surface area contributed by atoms with Gasteiger partial charge in [-0.05, 0) is 49.4 Å². The molecule has 3 heteroatoms. The SMILES string of the molecule is c1cc(N2CC3CCC(C2)O3)ccc1C1CCNC1. The van der Waals surface area contributed by atoms with Gasteiger partial charge in [-0.1, -0.05) is 12.1 Å². The fourth-order valence-electron chi connectivity index (χ4n) is 3.72. The number of hydrogen-bond acceptors (Lipinski definition) is 3. The average molecular weight is 258 g/mol. The van der Waals surface area contributed by atoms with E-state index in [2.05, 4.69) is 34.5 Å². The van der Waals surface area contributed by atoms with Gasteiger partial charge < -0.3 is 15.0 Å². The van der Waals surface area contributed by atoms with Crippen LogP contribution in [0.3, 0.4) is 0 Å². The number of nitrogens with zero attached hydrogens (tertiary/aromatic N) is 1. The molecule has 19 heavy (non-hydrogen) atoms. The van der Waals surface area contributed by atoms with Crippen molar-refractivity contribution in [2.24, 2.45) is 0 Å². The minimum atomic E-state index is 0.470. The second-order valence-corrected chi connectivity index (χ2v) is 6.14. The molecular weight excluding hydrogens is 236 g/mol. The highest BCUT2D eigenvalue weighted by Crippen LogP contribution is 2.31. The summed E-state index contributed by atoms with van der Waals surface area (Å²) < 4.78 is 5.90. The summed E-state index contributed by atoms with van der Waals surface area (Å²) in [6.07, 6.45) is 4.70. The smallest absolute Gasteiger partial charge is 0.0755 e. The highest BCUT2D eigenvalue weighted by molar-refractivity contribution is 5.49. The first-order chi connectivity index (χ1) is 9.38. The number of ether oxygens (including phenoxy) is 1. The molecule has 3 aliphatic heterocycles. The van der Waals surface area contributed by atoms with Crippen LogP contribution in [0.25, 0.3) is 0 Å². The van der Waals surface area contributed by atoms with Crippen molar-refractivity contribution in [2.45, 2.75) is 37.4 Å². The Morgan fingerprint density at radius 1 is 1.00 bits per heavy atom. The number of nitrogens with one attached hydrogen (secondary N) is 1. The number of fused-ring (bicyclic) bond motifs is 2. The van der Waals surface area contributed by atoms with Crippen molar-refractivity contribution in [3.8, 4) is 0 Å². The van der Waals surface area contributed by atoms with E-state index < -0.39 is 0 Å². The molecule has 3 saturated heterocycles. The molecule has 3 fully saturated rings. The predicted molar refractivity (Wildman–Crippen MR) is 76.8 cm³/mol. The largest absolute Gasteiger partial charge is 0.371 e. The Kier molecular flexibility index (Phi) is 2.97. The summed E-state index contributed by atoms with van der Waals surface area (Å²) in [6.45, 7) is 4.45. The van der Waals surface area contributed by atoms with Gasteiger partial charge >= 0.3 is 0 Å². The summed E-state index contributed by atoms with van der Waals surface area (Å²) in [7, 11) is 0. The maximum atomic E-state index is 5.90. The summed E-state index contributed by atoms with van der Waals surface area (Å²) >= 11 is 0. The Morgan fingerprint density at radius 2 is 1.74 bits per heavy atom. The van der Waals surface area contributed by atoms with E-state index in [9.17, 15) is 0 Å². The maximum absolute atomic E-state index is 5.90. The van der Waals surface area contributed by atoms with Crippen molar-refractivity contribution in [1.82, 2.24) is 5.32 Å². The Labute approximate surface area is 114 Å². The second-order valence-electron chi connectivity index (χ2n) is 6.14. The van der Waals surface area contributed by atoms with E-state index >= 15 is 0 Å². The Balaban J connectivity index is 1.49. The molecule has 0 spiro atoms. The van der Waals surface area contributed by atoms with E-state index in [0.29, 0.717) is 12.2 Å². The molecule has 0 aromatic heterocycles. The van der Waals surface area contributed by atoms with Crippen LogP contribution < -0.4 is 10.2 Å². The molecular formula is C16H22N2O. The van der Waals surface area contributed by atoms with Crippen molar-refractivity contribution in [1.29, 1.82) is 0 Å². The minimum absolute atomic E-state index is 0.470. The fraction of sp³-hybridized carbons (Fsp3) is 0.625. The van der Waals surface area contributed by atoms with Crippen LogP contribution in [0, 0.1) is 0 Å². The standard InChI is InChI=1S/C16H22N2O/c1-3-14(4-2-12(1)13-7-8-17-9-13)18-10-15-5-6-16(11-18)19-15/h1-4,13,15-17H,5-11H2. The van der Waals surface area contributed by atoms with Gasteiger partial charge in [-0.15, -0.1) is 0 Å². The molecule has 3 aliphatic rings. The maximum Gasteiger partial charge on any atom is 0.0755 e. The minimum Gasteiger partial charge on any atom is -0.371 e. The van der Waals surface area contributed by atoms with E-state index in [1.54, 1.807) is 0 Å². The third kappa shape index (κ3) is 2.26. The van der Waals surface area contributed by atoms with Gasteiger partial charge in [-0.3, -0.25) is 0 Å². The molecule has 3 heterocycles. The van der Waals surface area contributed by atoms with E-state index in [0.717, 1.165) is 25.6 Å². The molecule has 0 aliphatic carbocycles. The number of rotatable bonds is 2. The topological polar surface area (TPSA) is 24.5 Å². The van der Waals surface area contributed by atoms with E-state index in [1.165, 1.54) is 37.1 Å². The molecule has 0 radical (unpaired) electrons. The van der Waals surface area contributed by atoms with Crippen LogP contribution in [0.1, 0.15) is 30.7 Å². The van der Waals surface area contributed by atoms with Crippen LogP contribution >= 0.6 is 0 Å². The predicted octanol–water partition coefficient (Wildman–Crippen LogP) is 2.13. The molecule has 1 N–H and O–H groups in total. The lowest BCUT2D eigenvalue weighted by molar-refractivity contribution is 0.0305. The van der Waals surface area contributed by atoms with Gasteiger partial charge in [0.05, 0.1) is 12.2 Å². The first kappa shape index (κ1) is 11.7. The summed E-state index contributed by atoms with van der Waals surface area (Å²) in [5, 5.41) is 3.44. The third-order valence-corrected chi connectivity index (χ3v) is 4.83. The number of benzene rings is 1. The monoisotopic (exact) mass is 258 g/mol. The number of anilines is 1. The van der Waals surface area contributed by atoms with Gasteiger partial charge in [0.15, 0.2) is 0 Å². The van der Waals surface area contributed by atoms with Crippen LogP contribution in [-0.2, 0) is 4.74 Å². The normalized spacial score (nSPS) is 33.9. The Hall–Kier alpha value is -1.06.